The molecule has 0 saturated heterocycles. The van der Waals surface area contributed by atoms with Crippen LogP contribution >= 0.6 is 0 Å². The van der Waals surface area contributed by atoms with Crippen molar-refractivity contribution in [3.8, 4) is 11.5 Å². The standard InChI is InChI=1S/C19H19F2N3O3/c1-24(10-12-7-8-15(27-19(20)21)16(9-12)26-2)11-17-22-14-6-4-3-5-13(14)18(25)23-17/h3-9,19H,10-11H2,1-2H3,(H,22,23,25)/p+1. The lowest BCUT2D eigenvalue weighted by Gasteiger charge is -2.15. The highest BCUT2D eigenvalue weighted by molar-refractivity contribution is 5.77. The molecule has 0 amide bonds. The number of nitrogens with zero attached hydrogens (tertiary/aromatic N) is 1. The van der Waals surface area contributed by atoms with Crippen LogP contribution in [0, 0.1) is 0 Å². The van der Waals surface area contributed by atoms with E-state index >= 15 is 0 Å². The number of nitrogens with one attached hydrogen (secondary N) is 2. The van der Waals surface area contributed by atoms with Crippen molar-refractivity contribution in [3.63, 3.8) is 0 Å². The van der Waals surface area contributed by atoms with E-state index in [1.807, 2.05) is 13.1 Å². The number of benzene rings is 2. The van der Waals surface area contributed by atoms with Crippen molar-refractivity contribution in [3.05, 3.63) is 64.2 Å². The SMILES string of the molecule is COc1cc(C[NH+](C)Cc2nc3ccccc3c(=O)[nH]2)ccc1OC(F)F. The van der Waals surface area contributed by atoms with Gasteiger partial charge in [-0.1, -0.05) is 12.1 Å². The van der Waals surface area contributed by atoms with E-state index < -0.39 is 6.61 Å². The maximum Gasteiger partial charge on any atom is 0.387 e. The summed E-state index contributed by atoms with van der Waals surface area (Å²) in [6, 6.07) is 12.0. The number of aromatic nitrogens is 2. The van der Waals surface area contributed by atoms with Gasteiger partial charge in [0.1, 0.15) is 13.1 Å². The van der Waals surface area contributed by atoms with Crippen LogP contribution in [0.15, 0.2) is 47.3 Å². The molecule has 1 unspecified atom stereocenters. The Morgan fingerprint density at radius 1 is 1.15 bits per heavy atom. The molecule has 0 aliphatic heterocycles. The van der Waals surface area contributed by atoms with Crippen molar-refractivity contribution in [2.45, 2.75) is 19.7 Å². The Bertz CT molecular complexity index is 991. The van der Waals surface area contributed by atoms with Gasteiger partial charge in [-0.3, -0.25) is 4.79 Å². The smallest absolute Gasteiger partial charge is 0.387 e. The van der Waals surface area contributed by atoms with Crippen molar-refractivity contribution in [2.24, 2.45) is 0 Å². The van der Waals surface area contributed by atoms with Crippen LogP contribution in [0.2, 0.25) is 0 Å². The van der Waals surface area contributed by atoms with Gasteiger partial charge in [-0.2, -0.15) is 8.78 Å². The average Bonchev–Trinajstić information content (AvgIpc) is 2.62. The molecule has 0 fully saturated rings. The van der Waals surface area contributed by atoms with Crippen molar-refractivity contribution >= 4 is 10.9 Å². The number of aromatic amines is 1. The van der Waals surface area contributed by atoms with Crippen molar-refractivity contribution < 1.29 is 23.2 Å². The largest absolute Gasteiger partial charge is 0.493 e. The molecule has 0 aliphatic carbocycles. The zero-order chi connectivity index (χ0) is 19.4. The first kappa shape index (κ1) is 18.8. The summed E-state index contributed by atoms with van der Waals surface area (Å²) in [6.45, 7) is -1.83. The Morgan fingerprint density at radius 2 is 1.93 bits per heavy atom. The molecule has 1 aromatic heterocycles. The molecule has 8 heteroatoms. The van der Waals surface area contributed by atoms with Crippen LogP contribution in [-0.4, -0.2) is 30.7 Å². The fourth-order valence-electron chi connectivity index (χ4n) is 2.93. The van der Waals surface area contributed by atoms with Crippen LogP contribution in [0.4, 0.5) is 8.78 Å². The molecule has 2 aromatic carbocycles. The Kier molecular flexibility index (Phi) is 5.66. The molecule has 3 rings (SSSR count). The summed E-state index contributed by atoms with van der Waals surface area (Å²) >= 11 is 0. The summed E-state index contributed by atoms with van der Waals surface area (Å²) in [7, 11) is 3.35. The number of ether oxygens (including phenoxy) is 2. The molecule has 142 valence electrons. The predicted octanol–water partition coefficient (Wildman–Crippen LogP) is 1.75. The molecule has 6 nitrogen and oxygen atoms in total. The average molecular weight is 376 g/mol. The highest BCUT2D eigenvalue weighted by Crippen LogP contribution is 2.29. The molecule has 0 bridgehead atoms. The van der Waals surface area contributed by atoms with Gasteiger partial charge in [0.15, 0.2) is 17.3 Å². The van der Waals surface area contributed by atoms with Gasteiger partial charge in [0.2, 0.25) is 0 Å². The van der Waals surface area contributed by atoms with Crippen LogP contribution in [0.5, 0.6) is 11.5 Å². The van der Waals surface area contributed by atoms with Crippen LogP contribution in [0.1, 0.15) is 11.4 Å². The van der Waals surface area contributed by atoms with Gasteiger partial charge in [-0.05, 0) is 30.3 Å². The molecular formula is C19H20F2N3O3+. The first-order valence-corrected chi connectivity index (χ1v) is 8.37. The Balaban J connectivity index is 1.74. The summed E-state index contributed by atoms with van der Waals surface area (Å²) in [5, 5.41) is 0.554. The maximum atomic E-state index is 12.4. The lowest BCUT2D eigenvalue weighted by atomic mass is 10.2. The highest BCUT2D eigenvalue weighted by atomic mass is 19.3. The highest BCUT2D eigenvalue weighted by Gasteiger charge is 2.14. The van der Waals surface area contributed by atoms with E-state index in [-0.39, 0.29) is 17.1 Å². The monoisotopic (exact) mass is 376 g/mol. The van der Waals surface area contributed by atoms with Gasteiger partial charge in [-0.25, -0.2) is 4.98 Å². The summed E-state index contributed by atoms with van der Waals surface area (Å²) in [5.74, 6) is 0.827. The third-order valence-electron chi connectivity index (χ3n) is 4.08. The number of hydrogen-bond acceptors (Lipinski definition) is 4. The second-order valence-electron chi connectivity index (χ2n) is 6.20. The minimum Gasteiger partial charge on any atom is -0.493 e. The number of fused-ring (bicyclic) bond motifs is 1. The van der Waals surface area contributed by atoms with E-state index in [4.69, 9.17) is 4.74 Å². The minimum absolute atomic E-state index is 0.00516. The third-order valence-corrected chi connectivity index (χ3v) is 4.08. The van der Waals surface area contributed by atoms with Crippen LogP contribution in [0.25, 0.3) is 10.9 Å². The van der Waals surface area contributed by atoms with E-state index in [2.05, 4.69) is 14.7 Å². The zero-order valence-electron chi connectivity index (χ0n) is 15.0. The molecule has 27 heavy (non-hydrogen) atoms. The van der Waals surface area contributed by atoms with Gasteiger partial charge in [0.05, 0.1) is 25.1 Å². The first-order chi connectivity index (χ1) is 13.0. The number of H-pyrrole nitrogens is 1. The molecule has 0 radical (unpaired) electrons. The second-order valence-corrected chi connectivity index (χ2v) is 6.20. The molecule has 0 spiro atoms. The number of alkyl halides is 2. The van der Waals surface area contributed by atoms with E-state index in [0.29, 0.717) is 29.8 Å². The van der Waals surface area contributed by atoms with Crippen LogP contribution < -0.4 is 19.9 Å². The normalized spacial score (nSPS) is 12.3. The molecule has 1 heterocycles. The molecule has 2 N–H and O–H groups in total. The van der Waals surface area contributed by atoms with E-state index in [0.717, 1.165) is 10.5 Å². The van der Waals surface area contributed by atoms with Gasteiger partial charge >= 0.3 is 6.61 Å². The molecule has 1 atom stereocenters. The Hall–Kier alpha value is -3.00. The fourth-order valence-corrected chi connectivity index (χ4v) is 2.93. The summed E-state index contributed by atoms with van der Waals surface area (Å²) in [6.07, 6.45) is 0. The molecular weight excluding hydrogens is 356 g/mol. The van der Waals surface area contributed by atoms with Gasteiger partial charge in [-0.15, -0.1) is 0 Å². The summed E-state index contributed by atoms with van der Waals surface area (Å²) in [5.41, 5.74) is 1.37. The first-order valence-electron chi connectivity index (χ1n) is 8.37. The number of halogens is 2. The molecule has 0 aliphatic rings. The topological polar surface area (TPSA) is 68.7 Å². The zero-order valence-corrected chi connectivity index (χ0v) is 15.0. The van der Waals surface area contributed by atoms with E-state index in [9.17, 15) is 13.6 Å². The van der Waals surface area contributed by atoms with Crippen LogP contribution in [-0.2, 0) is 13.1 Å². The molecule has 0 saturated carbocycles. The Labute approximate surface area is 154 Å². The van der Waals surface area contributed by atoms with Crippen molar-refractivity contribution in [2.75, 3.05) is 14.2 Å². The number of hydrogen-bond donors (Lipinski definition) is 2. The van der Waals surface area contributed by atoms with E-state index in [1.165, 1.54) is 13.2 Å². The van der Waals surface area contributed by atoms with Crippen LogP contribution in [0.3, 0.4) is 0 Å². The van der Waals surface area contributed by atoms with Crippen molar-refractivity contribution in [1.82, 2.24) is 9.97 Å². The number of para-hydroxylation sites is 1. The second kappa shape index (κ2) is 8.13. The summed E-state index contributed by atoms with van der Waals surface area (Å²) < 4.78 is 34.4. The van der Waals surface area contributed by atoms with E-state index in [1.54, 1.807) is 30.3 Å². The number of methoxy groups -OCH3 is 1. The predicted molar refractivity (Wildman–Crippen MR) is 96.3 cm³/mol. The fraction of sp³-hybridized carbons (Fsp3) is 0.263. The minimum atomic E-state index is -2.91. The number of quaternary nitrogens is 1. The quantitative estimate of drug-likeness (QED) is 0.659. The molecule has 3 aromatic rings. The van der Waals surface area contributed by atoms with Gasteiger partial charge in [0, 0.05) is 5.56 Å². The third kappa shape index (κ3) is 4.59. The summed E-state index contributed by atoms with van der Waals surface area (Å²) in [4.78, 5) is 20.5. The Morgan fingerprint density at radius 3 is 2.67 bits per heavy atom. The lowest BCUT2D eigenvalue weighted by molar-refractivity contribution is -0.908. The van der Waals surface area contributed by atoms with Crippen molar-refractivity contribution in [1.29, 1.82) is 0 Å². The maximum absolute atomic E-state index is 12.4. The van der Waals surface area contributed by atoms with Gasteiger partial charge in [0.25, 0.3) is 5.56 Å². The van der Waals surface area contributed by atoms with Gasteiger partial charge < -0.3 is 19.4 Å². The lowest BCUT2D eigenvalue weighted by Crippen LogP contribution is -3.06. The number of rotatable bonds is 7.